The summed E-state index contributed by atoms with van der Waals surface area (Å²) in [6.45, 7) is 3.92. The van der Waals surface area contributed by atoms with Gasteiger partial charge in [0.25, 0.3) is 0 Å². The molecule has 7 nitrogen and oxygen atoms in total. The lowest BCUT2D eigenvalue weighted by atomic mass is 10.1. The Bertz CT molecular complexity index is 633. The Morgan fingerprint density at radius 1 is 1.27 bits per heavy atom. The van der Waals surface area contributed by atoms with Gasteiger partial charge in [0.2, 0.25) is 0 Å². The van der Waals surface area contributed by atoms with Gasteiger partial charge in [-0.3, -0.25) is 9.58 Å². The smallest absolute Gasteiger partial charge is 0.151 e. The van der Waals surface area contributed by atoms with Gasteiger partial charge in [0.1, 0.15) is 0 Å². The molecule has 7 heteroatoms. The lowest BCUT2D eigenvalue weighted by Crippen LogP contribution is -2.59. The summed E-state index contributed by atoms with van der Waals surface area (Å²) in [6, 6.07) is 2.82. The molecule has 0 radical (unpaired) electrons. The number of anilines is 1. The second-order valence-electron chi connectivity index (χ2n) is 6.23. The normalized spacial score (nSPS) is 17.8. The molecule has 1 saturated heterocycles. The molecule has 3 heterocycles. The van der Waals surface area contributed by atoms with E-state index < -0.39 is 0 Å². The minimum absolute atomic E-state index is 0.582. The van der Waals surface area contributed by atoms with Crippen LogP contribution in [0.2, 0.25) is 0 Å². The van der Waals surface area contributed by atoms with Gasteiger partial charge >= 0.3 is 0 Å². The highest BCUT2D eigenvalue weighted by Gasteiger charge is 2.31. The number of hydrogen-bond donors (Lipinski definition) is 0. The molecule has 0 amide bonds. The summed E-state index contributed by atoms with van der Waals surface area (Å²) in [6.07, 6.45) is 7.10. The first-order chi connectivity index (χ1) is 10.8. The molecule has 1 aliphatic carbocycles. The number of aromatic nitrogens is 5. The molecule has 0 saturated carbocycles. The predicted octanol–water partition coefficient (Wildman–Crippen LogP) is 0.377. The zero-order valence-corrected chi connectivity index (χ0v) is 12.9. The van der Waals surface area contributed by atoms with Crippen LogP contribution >= 0.6 is 0 Å². The average Bonchev–Trinajstić information content (AvgIpc) is 3.14. The first-order valence-corrected chi connectivity index (χ1v) is 7.94. The van der Waals surface area contributed by atoms with E-state index in [0.29, 0.717) is 6.04 Å². The third kappa shape index (κ3) is 2.56. The Labute approximate surface area is 129 Å². The summed E-state index contributed by atoms with van der Waals surface area (Å²) in [5, 5.41) is 16.6. The summed E-state index contributed by atoms with van der Waals surface area (Å²) in [7, 11) is 2.17. The van der Waals surface area contributed by atoms with Crippen LogP contribution in [0.5, 0.6) is 0 Å². The Balaban J connectivity index is 1.30. The number of fused-ring (bicyclic) bond motifs is 1. The SMILES string of the molecule is CN(CCn1ccnn1)C1CN(c2cc3c(nn2)CCC3)C1. The highest BCUT2D eigenvalue weighted by atomic mass is 15.4. The maximum Gasteiger partial charge on any atom is 0.151 e. The van der Waals surface area contributed by atoms with Crippen molar-refractivity contribution >= 4 is 5.82 Å². The van der Waals surface area contributed by atoms with E-state index in [4.69, 9.17) is 0 Å². The molecular formula is C15H21N7. The van der Waals surface area contributed by atoms with Crippen molar-refractivity contribution in [3.8, 4) is 0 Å². The minimum atomic E-state index is 0.582. The molecule has 1 fully saturated rings. The van der Waals surface area contributed by atoms with Gasteiger partial charge in [-0.05, 0) is 37.9 Å². The molecule has 22 heavy (non-hydrogen) atoms. The fourth-order valence-electron chi connectivity index (χ4n) is 3.19. The first kappa shape index (κ1) is 13.6. The molecular weight excluding hydrogens is 278 g/mol. The van der Waals surface area contributed by atoms with Crippen molar-refractivity contribution in [2.24, 2.45) is 0 Å². The number of hydrogen-bond acceptors (Lipinski definition) is 6. The fourth-order valence-corrected chi connectivity index (χ4v) is 3.19. The molecule has 0 atom stereocenters. The maximum absolute atomic E-state index is 4.39. The molecule has 0 spiro atoms. The van der Waals surface area contributed by atoms with Crippen LogP contribution in [0.1, 0.15) is 17.7 Å². The summed E-state index contributed by atoms with van der Waals surface area (Å²) in [4.78, 5) is 4.71. The van der Waals surface area contributed by atoms with Gasteiger partial charge in [-0.15, -0.1) is 10.2 Å². The van der Waals surface area contributed by atoms with Crippen LogP contribution in [0, 0.1) is 0 Å². The molecule has 4 rings (SSSR count). The van der Waals surface area contributed by atoms with Crippen LogP contribution in [0.25, 0.3) is 0 Å². The average molecular weight is 299 g/mol. The minimum Gasteiger partial charge on any atom is -0.352 e. The Hall–Kier alpha value is -2.02. The van der Waals surface area contributed by atoms with E-state index >= 15 is 0 Å². The number of rotatable bonds is 5. The predicted molar refractivity (Wildman–Crippen MR) is 82.7 cm³/mol. The zero-order valence-electron chi connectivity index (χ0n) is 12.9. The van der Waals surface area contributed by atoms with Gasteiger partial charge in [0.05, 0.1) is 18.4 Å². The van der Waals surface area contributed by atoms with Crippen LogP contribution in [-0.2, 0) is 19.4 Å². The lowest BCUT2D eigenvalue weighted by Gasteiger charge is -2.44. The number of aryl methyl sites for hydroxylation is 2. The van der Waals surface area contributed by atoms with Gasteiger partial charge in [0, 0.05) is 31.9 Å². The quantitative estimate of drug-likeness (QED) is 0.795. The van der Waals surface area contributed by atoms with E-state index in [0.717, 1.165) is 44.8 Å². The van der Waals surface area contributed by atoms with E-state index in [1.807, 2.05) is 10.9 Å². The van der Waals surface area contributed by atoms with Crippen molar-refractivity contribution < 1.29 is 0 Å². The molecule has 1 aliphatic heterocycles. The van der Waals surface area contributed by atoms with Crippen LogP contribution < -0.4 is 4.90 Å². The third-order valence-electron chi connectivity index (χ3n) is 4.77. The Morgan fingerprint density at radius 2 is 2.18 bits per heavy atom. The summed E-state index contributed by atoms with van der Waals surface area (Å²) in [5.41, 5.74) is 2.60. The van der Waals surface area contributed by atoms with Gasteiger partial charge in [-0.25, -0.2) is 0 Å². The summed E-state index contributed by atoms with van der Waals surface area (Å²) >= 11 is 0. The van der Waals surface area contributed by atoms with Crippen LogP contribution in [0.4, 0.5) is 5.82 Å². The van der Waals surface area contributed by atoms with Crippen molar-refractivity contribution in [3.63, 3.8) is 0 Å². The Morgan fingerprint density at radius 3 is 3.00 bits per heavy atom. The van der Waals surface area contributed by atoms with E-state index in [1.165, 1.54) is 17.7 Å². The molecule has 0 unspecified atom stereocenters. The van der Waals surface area contributed by atoms with Gasteiger partial charge in [-0.1, -0.05) is 5.21 Å². The van der Waals surface area contributed by atoms with Crippen molar-refractivity contribution in [3.05, 3.63) is 29.7 Å². The molecule has 2 aromatic rings. The highest BCUT2D eigenvalue weighted by molar-refractivity contribution is 5.45. The maximum atomic E-state index is 4.39. The van der Waals surface area contributed by atoms with Gasteiger partial charge in [-0.2, -0.15) is 5.10 Å². The van der Waals surface area contributed by atoms with Gasteiger partial charge < -0.3 is 4.90 Å². The molecule has 2 aromatic heterocycles. The van der Waals surface area contributed by atoms with Crippen molar-refractivity contribution in [1.29, 1.82) is 0 Å². The van der Waals surface area contributed by atoms with Crippen molar-refractivity contribution in [2.45, 2.75) is 31.8 Å². The summed E-state index contributed by atoms with van der Waals surface area (Å²) in [5.74, 6) is 1.04. The van der Waals surface area contributed by atoms with Gasteiger partial charge in [0.15, 0.2) is 5.82 Å². The van der Waals surface area contributed by atoms with Crippen molar-refractivity contribution in [2.75, 3.05) is 31.6 Å². The van der Waals surface area contributed by atoms with Crippen LogP contribution in [0.15, 0.2) is 18.5 Å². The topological polar surface area (TPSA) is 63.0 Å². The largest absolute Gasteiger partial charge is 0.352 e. The fraction of sp³-hybridized carbons (Fsp3) is 0.600. The molecule has 116 valence electrons. The molecule has 0 aromatic carbocycles. The highest BCUT2D eigenvalue weighted by Crippen LogP contribution is 2.26. The third-order valence-corrected chi connectivity index (χ3v) is 4.77. The standard InChI is InChI=1S/C15H21N7/c1-20(7-8-22-6-5-16-19-22)13-10-21(11-13)15-9-12-3-2-4-14(12)17-18-15/h5-6,9,13H,2-4,7-8,10-11H2,1H3. The Kier molecular flexibility index (Phi) is 3.49. The molecule has 2 aliphatic rings. The van der Waals surface area contributed by atoms with Crippen LogP contribution in [0.3, 0.4) is 0 Å². The molecule has 0 N–H and O–H groups in total. The monoisotopic (exact) mass is 299 g/mol. The van der Waals surface area contributed by atoms with Crippen LogP contribution in [-0.4, -0.2) is 62.8 Å². The van der Waals surface area contributed by atoms with E-state index in [-0.39, 0.29) is 0 Å². The first-order valence-electron chi connectivity index (χ1n) is 7.94. The second-order valence-corrected chi connectivity index (χ2v) is 6.23. The zero-order chi connectivity index (χ0) is 14.9. The number of nitrogens with zero attached hydrogens (tertiary/aromatic N) is 7. The van der Waals surface area contributed by atoms with E-state index in [2.05, 4.69) is 43.4 Å². The molecule has 0 bridgehead atoms. The van der Waals surface area contributed by atoms with E-state index in [1.54, 1.807) is 6.20 Å². The van der Waals surface area contributed by atoms with E-state index in [9.17, 15) is 0 Å². The van der Waals surface area contributed by atoms with Crippen molar-refractivity contribution in [1.82, 2.24) is 30.1 Å². The lowest BCUT2D eigenvalue weighted by molar-refractivity contribution is 0.194. The number of likely N-dealkylation sites (N-methyl/N-ethyl adjacent to an activating group) is 1. The summed E-state index contributed by atoms with van der Waals surface area (Å²) < 4.78 is 1.87. The second kappa shape index (κ2) is 5.64.